The van der Waals surface area contributed by atoms with E-state index >= 15 is 0 Å². The summed E-state index contributed by atoms with van der Waals surface area (Å²) >= 11 is 0. The lowest BCUT2D eigenvalue weighted by Crippen LogP contribution is -1.94. The second-order valence-corrected chi connectivity index (χ2v) is 7.20. The van der Waals surface area contributed by atoms with E-state index in [1.807, 2.05) is 6.33 Å². The van der Waals surface area contributed by atoms with Crippen LogP contribution in [-0.4, -0.2) is 9.55 Å². The van der Waals surface area contributed by atoms with Crippen LogP contribution in [0.3, 0.4) is 0 Å². The number of hydrogen-bond acceptors (Lipinski definition) is 1. The minimum Gasteiger partial charge on any atom is -0.337 e. The fraction of sp³-hybridized carbons (Fsp3) is 0.857. The van der Waals surface area contributed by atoms with Crippen molar-refractivity contribution in [2.45, 2.75) is 117 Å². The lowest BCUT2D eigenvalue weighted by Gasteiger charge is -2.04. The molecule has 0 aliphatic rings. The fourth-order valence-corrected chi connectivity index (χ4v) is 3.26. The molecule has 134 valence electrons. The van der Waals surface area contributed by atoms with Crippen LogP contribution < -0.4 is 0 Å². The first-order valence-electron chi connectivity index (χ1n) is 10.3. The van der Waals surface area contributed by atoms with Crippen molar-refractivity contribution in [3.05, 3.63) is 18.2 Å². The summed E-state index contributed by atoms with van der Waals surface area (Å²) in [4.78, 5) is 4.27. The summed E-state index contributed by atoms with van der Waals surface area (Å²) in [5.74, 6) is 0. The van der Waals surface area contributed by atoms with Crippen molar-refractivity contribution in [1.29, 1.82) is 0 Å². The summed E-state index contributed by atoms with van der Waals surface area (Å²) in [5.41, 5.74) is 1.13. The maximum Gasteiger partial charge on any atom is 0.0949 e. The van der Waals surface area contributed by atoms with Gasteiger partial charge in [-0.25, -0.2) is 4.98 Å². The lowest BCUT2D eigenvalue weighted by atomic mass is 10.0. The van der Waals surface area contributed by atoms with E-state index in [9.17, 15) is 0 Å². The highest BCUT2D eigenvalue weighted by Crippen LogP contribution is 2.13. The number of unbranched alkanes of at least 4 members (excludes halogenated alkanes) is 14. The third-order valence-electron chi connectivity index (χ3n) is 4.78. The van der Waals surface area contributed by atoms with E-state index in [1.54, 1.807) is 0 Å². The van der Waals surface area contributed by atoms with E-state index in [2.05, 4.69) is 29.6 Å². The second kappa shape index (κ2) is 14.8. The van der Waals surface area contributed by atoms with Gasteiger partial charge in [-0.3, -0.25) is 0 Å². The predicted molar refractivity (Wildman–Crippen MR) is 102 cm³/mol. The molecule has 0 saturated heterocycles. The predicted octanol–water partition coefficient (Wildman–Crippen LogP) is 7.06. The first kappa shape index (κ1) is 20.3. The number of hydrogen-bond donors (Lipinski definition) is 0. The number of aromatic nitrogens is 2. The molecular weight excluding hydrogens is 280 g/mol. The zero-order valence-corrected chi connectivity index (χ0v) is 15.9. The van der Waals surface area contributed by atoms with Gasteiger partial charge in [0.1, 0.15) is 0 Å². The minimum atomic E-state index is 1.13. The summed E-state index contributed by atoms with van der Waals surface area (Å²) in [6.07, 6.45) is 25.6. The normalized spacial score (nSPS) is 11.2. The third-order valence-corrected chi connectivity index (χ3v) is 4.78. The van der Waals surface area contributed by atoms with Crippen LogP contribution in [0.25, 0.3) is 0 Å². The molecule has 23 heavy (non-hydrogen) atoms. The molecule has 0 fully saturated rings. The molecule has 0 spiro atoms. The quantitative estimate of drug-likeness (QED) is 0.298. The van der Waals surface area contributed by atoms with Crippen LogP contribution in [0, 0.1) is 6.92 Å². The van der Waals surface area contributed by atoms with E-state index in [1.165, 1.54) is 96.3 Å². The monoisotopic (exact) mass is 320 g/mol. The van der Waals surface area contributed by atoms with Gasteiger partial charge in [-0.05, 0) is 13.3 Å². The topological polar surface area (TPSA) is 17.8 Å². The molecule has 0 unspecified atom stereocenters. The highest BCUT2D eigenvalue weighted by Gasteiger charge is 1.96. The van der Waals surface area contributed by atoms with Gasteiger partial charge in [0.05, 0.1) is 12.0 Å². The molecule has 0 radical (unpaired) electrons. The van der Waals surface area contributed by atoms with Crippen molar-refractivity contribution >= 4 is 0 Å². The lowest BCUT2D eigenvalue weighted by molar-refractivity contribution is 0.522. The Morgan fingerprint density at radius 1 is 0.696 bits per heavy atom. The van der Waals surface area contributed by atoms with Crippen LogP contribution in [0.1, 0.15) is 109 Å². The Morgan fingerprint density at radius 2 is 1.13 bits per heavy atom. The molecular formula is C21H40N2. The highest BCUT2D eigenvalue weighted by atomic mass is 15.0. The van der Waals surface area contributed by atoms with Gasteiger partial charge >= 0.3 is 0 Å². The Kier molecular flexibility index (Phi) is 13.0. The van der Waals surface area contributed by atoms with Crippen LogP contribution in [-0.2, 0) is 6.54 Å². The second-order valence-electron chi connectivity index (χ2n) is 7.20. The molecule has 1 heterocycles. The van der Waals surface area contributed by atoms with E-state index < -0.39 is 0 Å². The smallest absolute Gasteiger partial charge is 0.0949 e. The molecule has 0 aliphatic heterocycles. The Hall–Kier alpha value is -0.790. The average molecular weight is 321 g/mol. The third kappa shape index (κ3) is 12.3. The van der Waals surface area contributed by atoms with Gasteiger partial charge in [0, 0.05) is 12.7 Å². The van der Waals surface area contributed by atoms with Gasteiger partial charge < -0.3 is 4.57 Å². The van der Waals surface area contributed by atoms with Gasteiger partial charge in [-0.1, -0.05) is 96.8 Å². The fourth-order valence-electron chi connectivity index (χ4n) is 3.26. The maximum absolute atomic E-state index is 4.27. The van der Waals surface area contributed by atoms with Gasteiger partial charge in [-0.15, -0.1) is 0 Å². The summed E-state index contributed by atoms with van der Waals surface area (Å²) in [6, 6.07) is 0. The first-order chi connectivity index (χ1) is 11.3. The standard InChI is InChI=1S/C21H40N2/c1-3-4-5-6-7-8-9-10-11-12-13-14-15-16-17-18-23-19-21(2)22-20-23/h19-20H,3-18H2,1-2H3. The van der Waals surface area contributed by atoms with E-state index in [0.29, 0.717) is 0 Å². The molecule has 0 amide bonds. The molecule has 0 bridgehead atoms. The maximum atomic E-state index is 4.27. The number of nitrogens with zero attached hydrogens (tertiary/aromatic N) is 2. The van der Waals surface area contributed by atoms with Crippen molar-refractivity contribution in [3.8, 4) is 0 Å². The Morgan fingerprint density at radius 3 is 1.52 bits per heavy atom. The number of rotatable bonds is 16. The first-order valence-corrected chi connectivity index (χ1v) is 10.3. The molecule has 2 heteroatoms. The van der Waals surface area contributed by atoms with Crippen molar-refractivity contribution in [2.24, 2.45) is 0 Å². The zero-order chi connectivity index (χ0) is 16.6. The molecule has 0 atom stereocenters. The molecule has 2 nitrogen and oxygen atoms in total. The van der Waals surface area contributed by atoms with E-state index in [0.717, 1.165) is 12.2 Å². The molecule has 1 rings (SSSR count). The summed E-state index contributed by atoms with van der Waals surface area (Å²) in [7, 11) is 0. The zero-order valence-electron chi connectivity index (χ0n) is 15.9. The Balaban J connectivity index is 1.71. The van der Waals surface area contributed by atoms with Crippen LogP contribution >= 0.6 is 0 Å². The van der Waals surface area contributed by atoms with Gasteiger partial charge in [0.2, 0.25) is 0 Å². The van der Waals surface area contributed by atoms with E-state index in [4.69, 9.17) is 0 Å². The van der Waals surface area contributed by atoms with Gasteiger partial charge in [0.15, 0.2) is 0 Å². The molecule has 1 aromatic rings. The van der Waals surface area contributed by atoms with E-state index in [-0.39, 0.29) is 0 Å². The largest absolute Gasteiger partial charge is 0.337 e. The Labute approximate surface area is 145 Å². The summed E-state index contributed by atoms with van der Waals surface area (Å²) in [5, 5.41) is 0. The average Bonchev–Trinajstić information content (AvgIpc) is 2.96. The van der Waals surface area contributed by atoms with Crippen LogP contribution in [0.15, 0.2) is 12.5 Å². The van der Waals surface area contributed by atoms with Crippen LogP contribution in [0.5, 0.6) is 0 Å². The van der Waals surface area contributed by atoms with Crippen molar-refractivity contribution in [3.63, 3.8) is 0 Å². The van der Waals surface area contributed by atoms with Crippen LogP contribution in [0.2, 0.25) is 0 Å². The highest BCUT2D eigenvalue weighted by molar-refractivity contribution is 4.91. The molecule has 0 aliphatic carbocycles. The molecule has 1 aromatic heterocycles. The summed E-state index contributed by atoms with van der Waals surface area (Å²) < 4.78 is 2.22. The summed E-state index contributed by atoms with van der Waals surface area (Å²) in [6.45, 7) is 5.49. The van der Waals surface area contributed by atoms with Gasteiger partial charge in [-0.2, -0.15) is 0 Å². The molecule has 0 N–H and O–H groups in total. The van der Waals surface area contributed by atoms with Crippen molar-refractivity contribution in [2.75, 3.05) is 0 Å². The van der Waals surface area contributed by atoms with Gasteiger partial charge in [0.25, 0.3) is 0 Å². The van der Waals surface area contributed by atoms with Crippen LogP contribution in [0.4, 0.5) is 0 Å². The number of aryl methyl sites for hydroxylation is 2. The SMILES string of the molecule is CCCCCCCCCCCCCCCCCn1cnc(C)c1. The molecule has 0 saturated carbocycles. The molecule has 0 aromatic carbocycles. The Bertz CT molecular complexity index is 356. The van der Waals surface area contributed by atoms with Crippen molar-refractivity contribution in [1.82, 2.24) is 9.55 Å². The minimum absolute atomic E-state index is 1.13. The number of imidazole rings is 1. The van der Waals surface area contributed by atoms with Crippen molar-refractivity contribution < 1.29 is 0 Å².